The Bertz CT molecular complexity index is 1210. The molecule has 0 saturated carbocycles. The van der Waals surface area contributed by atoms with Crippen molar-refractivity contribution in [2.45, 2.75) is 51.4 Å². The number of carbonyl (C=O) groups is 3. The Morgan fingerprint density at radius 3 is 2.51 bits per heavy atom. The van der Waals surface area contributed by atoms with Gasteiger partial charge in [-0.1, -0.05) is 36.4 Å². The number of nitrogens with zero attached hydrogens (tertiary/aromatic N) is 2. The van der Waals surface area contributed by atoms with Gasteiger partial charge < -0.3 is 25.3 Å². The Hall–Kier alpha value is -4.23. The number of benzene rings is 2. The number of aromatic amines is 1. The standard InChI is InChI=1S/C26H28N4O5/c1-17(2)34-26(33)23(13-12-19(31)16-29-27)30-25(32)24(35-20-8-4-3-5-9-20)14-18-15-28-22-11-7-6-10-21(18)22/h3-11,15-17,23-24,28H,12-14H2,1-2H3,(H,30,32)/t23-,24-/m0/s1. The van der Waals surface area contributed by atoms with Crippen LogP contribution < -0.4 is 10.1 Å². The molecule has 0 bridgehead atoms. The lowest BCUT2D eigenvalue weighted by Crippen LogP contribution is -2.49. The summed E-state index contributed by atoms with van der Waals surface area (Å²) >= 11 is 0. The summed E-state index contributed by atoms with van der Waals surface area (Å²) in [4.78, 5) is 43.7. The molecule has 3 rings (SSSR count). The molecule has 0 spiro atoms. The third kappa shape index (κ3) is 7.38. The highest BCUT2D eigenvalue weighted by Gasteiger charge is 2.29. The van der Waals surface area contributed by atoms with Gasteiger partial charge in [0.1, 0.15) is 11.8 Å². The summed E-state index contributed by atoms with van der Waals surface area (Å²) in [6.07, 6.45) is 1.33. The molecule has 0 aliphatic rings. The van der Waals surface area contributed by atoms with Gasteiger partial charge in [0.25, 0.3) is 5.91 Å². The van der Waals surface area contributed by atoms with Crippen molar-refractivity contribution in [3.8, 4) is 5.75 Å². The summed E-state index contributed by atoms with van der Waals surface area (Å²) in [6, 6.07) is 15.6. The van der Waals surface area contributed by atoms with Crippen LogP contribution in [0, 0.1) is 0 Å². The van der Waals surface area contributed by atoms with E-state index in [2.05, 4.69) is 15.1 Å². The first kappa shape index (κ1) is 25.4. The Balaban J connectivity index is 1.83. The van der Waals surface area contributed by atoms with Crippen molar-refractivity contribution in [1.29, 1.82) is 0 Å². The van der Waals surface area contributed by atoms with E-state index in [4.69, 9.17) is 15.0 Å². The van der Waals surface area contributed by atoms with Gasteiger partial charge in [-0.2, -0.15) is 4.79 Å². The number of nitrogens with one attached hydrogen (secondary N) is 2. The molecule has 2 atom stereocenters. The molecule has 2 N–H and O–H groups in total. The third-order valence-electron chi connectivity index (χ3n) is 5.23. The zero-order chi connectivity index (χ0) is 25.2. The number of carbonyl (C=O) groups excluding carboxylic acids is 3. The van der Waals surface area contributed by atoms with Gasteiger partial charge in [-0.15, -0.1) is 0 Å². The van der Waals surface area contributed by atoms with Crippen LogP contribution in [0.5, 0.6) is 5.75 Å². The summed E-state index contributed by atoms with van der Waals surface area (Å²) in [5, 5.41) is 3.66. The van der Waals surface area contributed by atoms with E-state index in [0.29, 0.717) is 5.75 Å². The van der Waals surface area contributed by atoms with Crippen molar-refractivity contribution in [3.63, 3.8) is 0 Å². The molecule has 1 amide bonds. The number of amides is 1. The summed E-state index contributed by atoms with van der Waals surface area (Å²) in [7, 11) is 0. The first-order valence-corrected chi connectivity index (χ1v) is 11.3. The van der Waals surface area contributed by atoms with Gasteiger partial charge in [-0.25, -0.2) is 4.79 Å². The van der Waals surface area contributed by atoms with Crippen LogP contribution in [-0.4, -0.2) is 51.9 Å². The van der Waals surface area contributed by atoms with Gasteiger partial charge in [-0.3, -0.25) is 9.59 Å². The maximum absolute atomic E-state index is 13.4. The van der Waals surface area contributed by atoms with E-state index in [1.165, 1.54) is 0 Å². The Labute approximate surface area is 203 Å². The second kappa shape index (κ2) is 12.3. The highest BCUT2D eigenvalue weighted by Crippen LogP contribution is 2.21. The van der Waals surface area contributed by atoms with E-state index in [-0.39, 0.29) is 19.3 Å². The number of H-pyrrole nitrogens is 1. The van der Waals surface area contributed by atoms with Crippen LogP contribution in [0.3, 0.4) is 0 Å². The molecule has 0 fully saturated rings. The van der Waals surface area contributed by atoms with E-state index >= 15 is 0 Å². The predicted octanol–water partition coefficient (Wildman–Crippen LogP) is 3.24. The van der Waals surface area contributed by atoms with Gasteiger partial charge in [0.15, 0.2) is 6.10 Å². The normalized spacial score (nSPS) is 12.4. The molecular weight excluding hydrogens is 448 g/mol. The lowest BCUT2D eigenvalue weighted by Gasteiger charge is -2.23. The highest BCUT2D eigenvalue weighted by atomic mass is 16.5. The molecule has 1 heterocycles. The molecule has 1 aromatic heterocycles. The van der Waals surface area contributed by atoms with Gasteiger partial charge in [-0.05, 0) is 44.0 Å². The number of ether oxygens (including phenoxy) is 2. The van der Waals surface area contributed by atoms with Gasteiger partial charge >= 0.3 is 12.2 Å². The zero-order valence-corrected chi connectivity index (χ0v) is 19.6. The number of aromatic nitrogens is 1. The third-order valence-corrected chi connectivity index (χ3v) is 5.23. The minimum absolute atomic E-state index is 0.0205. The summed E-state index contributed by atoms with van der Waals surface area (Å²) < 4.78 is 11.3. The SMILES string of the molecule is CC(C)OC(=O)[C@H](CCC(=O)C=[N+]=[N-])NC(=O)[C@H](Cc1c[nH]c2ccccc12)Oc1ccccc1. The van der Waals surface area contributed by atoms with Crippen LogP contribution in [0.4, 0.5) is 0 Å². The molecular formula is C26H28N4O5. The van der Waals surface area contributed by atoms with E-state index in [0.717, 1.165) is 22.7 Å². The van der Waals surface area contributed by atoms with E-state index in [1.54, 1.807) is 38.1 Å². The summed E-state index contributed by atoms with van der Waals surface area (Å²) in [5.74, 6) is -1.16. The molecule has 35 heavy (non-hydrogen) atoms. The number of fused-ring (bicyclic) bond motifs is 1. The second-order valence-electron chi connectivity index (χ2n) is 8.28. The Morgan fingerprint density at radius 2 is 1.80 bits per heavy atom. The van der Waals surface area contributed by atoms with Gasteiger partial charge in [0.2, 0.25) is 5.78 Å². The Kier molecular flexibility index (Phi) is 8.92. The van der Waals surface area contributed by atoms with Crippen LogP contribution in [0.15, 0.2) is 60.8 Å². The monoisotopic (exact) mass is 476 g/mol. The average Bonchev–Trinajstić information content (AvgIpc) is 3.24. The van der Waals surface area contributed by atoms with Crippen molar-refractivity contribution in [1.82, 2.24) is 10.3 Å². The topological polar surface area (TPSA) is 134 Å². The number of rotatable bonds is 12. The van der Waals surface area contributed by atoms with Crippen molar-refractivity contribution in [2.24, 2.45) is 0 Å². The molecule has 182 valence electrons. The van der Waals surface area contributed by atoms with Crippen LogP contribution >= 0.6 is 0 Å². The first-order chi connectivity index (χ1) is 16.9. The summed E-state index contributed by atoms with van der Waals surface area (Å²) in [5.41, 5.74) is 10.4. The minimum atomic E-state index is -1.08. The Morgan fingerprint density at radius 1 is 1.09 bits per heavy atom. The van der Waals surface area contributed by atoms with E-state index in [9.17, 15) is 14.4 Å². The number of hydrogen-bond acceptors (Lipinski definition) is 5. The smallest absolute Gasteiger partial charge is 0.328 e. The second-order valence-corrected chi connectivity index (χ2v) is 8.28. The molecule has 0 unspecified atom stereocenters. The quantitative estimate of drug-likeness (QED) is 0.179. The van der Waals surface area contributed by atoms with Crippen LogP contribution in [0.1, 0.15) is 32.3 Å². The molecule has 2 aromatic carbocycles. The number of esters is 1. The van der Waals surface area contributed by atoms with Crippen molar-refractivity contribution in [3.05, 3.63) is 71.9 Å². The minimum Gasteiger partial charge on any atom is -0.480 e. The average molecular weight is 477 g/mol. The fourth-order valence-corrected chi connectivity index (χ4v) is 3.60. The van der Waals surface area contributed by atoms with E-state index in [1.807, 2.05) is 36.5 Å². The molecule has 0 aliphatic heterocycles. The number of para-hydroxylation sites is 2. The van der Waals surface area contributed by atoms with Gasteiger partial charge in [0.05, 0.1) is 6.10 Å². The molecule has 0 radical (unpaired) electrons. The first-order valence-electron chi connectivity index (χ1n) is 11.3. The molecule has 3 aromatic rings. The fourth-order valence-electron chi connectivity index (χ4n) is 3.60. The van der Waals surface area contributed by atoms with Crippen LogP contribution in [-0.2, 0) is 25.5 Å². The maximum Gasteiger partial charge on any atom is 0.328 e. The van der Waals surface area contributed by atoms with Crippen molar-refractivity contribution in [2.75, 3.05) is 0 Å². The largest absolute Gasteiger partial charge is 0.480 e. The lowest BCUT2D eigenvalue weighted by molar-refractivity contribution is -0.152. The predicted molar refractivity (Wildman–Crippen MR) is 130 cm³/mol. The highest BCUT2D eigenvalue weighted by molar-refractivity contribution is 6.25. The molecule has 0 saturated heterocycles. The lowest BCUT2D eigenvalue weighted by atomic mass is 10.0. The van der Waals surface area contributed by atoms with Crippen LogP contribution in [0.25, 0.3) is 16.4 Å². The number of hydrogen-bond donors (Lipinski definition) is 2. The number of Topliss-reactive ketones (excluding diaryl/α,β-unsaturated/α-hetero) is 1. The van der Waals surface area contributed by atoms with Crippen LogP contribution in [0.2, 0.25) is 0 Å². The van der Waals surface area contributed by atoms with Gasteiger partial charge in [0, 0.05) is 29.9 Å². The summed E-state index contributed by atoms with van der Waals surface area (Å²) in [6.45, 7) is 3.39. The maximum atomic E-state index is 13.4. The number of ketones is 1. The zero-order valence-electron chi connectivity index (χ0n) is 19.6. The molecule has 9 nitrogen and oxygen atoms in total. The molecule has 9 heteroatoms. The van der Waals surface area contributed by atoms with E-state index < -0.39 is 35.9 Å². The fraction of sp³-hybridized carbons (Fsp3) is 0.308. The molecule has 0 aliphatic carbocycles. The van der Waals surface area contributed by atoms with Crippen molar-refractivity contribution < 1.29 is 28.6 Å². The van der Waals surface area contributed by atoms with Crippen molar-refractivity contribution >= 4 is 34.8 Å².